The molecule has 0 bridgehead atoms. The second kappa shape index (κ2) is 13.0. The first-order valence-electron chi connectivity index (χ1n) is 10.0. The van der Waals surface area contributed by atoms with Crippen molar-refractivity contribution < 1.29 is 4.79 Å². The molecular formula is C21H36IN5O. The van der Waals surface area contributed by atoms with Crippen LogP contribution in [-0.4, -0.2) is 68.5 Å². The van der Waals surface area contributed by atoms with Gasteiger partial charge in [0.25, 0.3) is 5.91 Å². The first-order valence-corrected chi connectivity index (χ1v) is 10.0. The largest absolute Gasteiger partial charge is 0.357 e. The van der Waals surface area contributed by atoms with Gasteiger partial charge in [-0.2, -0.15) is 0 Å². The number of guanidine groups is 1. The number of carbonyl (C=O) groups is 1. The molecule has 1 amide bonds. The van der Waals surface area contributed by atoms with Gasteiger partial charge in [0.05, 0.1) is 6.54 Å². The number of carbonyl (C=O) groups excluding carboxylic acids is 1. The predicted octanol–water partition coefficient (Wildman–Crippen LogP) is 2.79. The Bertz CT molecular complexity index is 618. The third kappa shape index (κ3) is 8.34. The zero-order valence-corrected chi connectivity index (χ0v) is 20.0. The van der Waals surface area contributed by atoms with Crippen LogP contribution in [0.15, 0.2) is 29.3 Å². The van der Waals surface area contributed by atoms with Gasteiger partial charge in [0, 0.05) is 45.8 Å². The molecule has 1 fully saturated rings. The van der Waals surface area contributed by atoms with Crippen LogP contribution in [-0.2, 0) is 6.54 Å². The Morgan fingerprint density at radius 2 is 1.96 bits per heavy atom. The summed E-state index contributed by atoms with van der Waals surface area (Å²) in [5, 5.41) is 6.74. The summed E-state index contributed by atoms with van der Waals surface area (Å²) in [4.78, 5) is 20.7. The van der Waals surface area contributed by atoms with E-state index in [1.54, 1.807) is 19.0 Å². The lowest BCUT2D eigenvalue weighted by Gasteiger charge is -2.30. The minimum absolute atomic E-state index is 0. The van der Waals surface area contributed by atoms with Crippen LogP contribution in [0.4, 0.5) is 0 Å². The fraction of sp³-hybridized carbons (Fsp3) is 0.619. The topological polar surface area (TPSA) is 60.0 Å². The van der Waals surface area contributed by atoms with E-state index in [0.717, 1.165) is 37.1 Å². The van der Waals surface area contributed by atoms with Gasteiger partial charge in [0.1, 0.15) is 0 Å². The van der Waals surface area contributed by atoms with Crippen molar-refractivity contribution in [3.8, 4) is 0 Å². The van der Waals surface area contributed by atoms with Gasteiger partial charge in [-0.3, -0.25) is 4.79 Å². The molecule has 1 atom stereocenters. The van der Waals surface area contributed by atoms with Crippen molar-refractivity contribution in [1.29, 1.82) is 0 Å². The summed E-state index contributed by atoms with van der Waals surface area (Å²) in [6, 6.07) is 7.67. The molecule has 0 spiro atoms. The first-order chi connectivity index (χ1) is 13.0. The smallest absolute Gasteiger partial charge is 0.253 e. The van der Waals surface area contributed by atoms with Gasteiger partial charge in [-0.15, -0.1) is 24.0 Å². The maximum absolute atomic E-state index is 12.0. The molecule has 0 radical (unpaired) electrons. The summed E-state index contributed by atoms with van der Waals surface area (Å²) in [5.74, 6) is 1.67. The van der Waals surface area contributed by atoms with Gasteiger partial charge in [0.2, 0.25) is 0 Å². The lowest BCUT2D eigenvalue weighted by molar-refractivity contribution is 0.0827. The van der Waals surface area contributed by atoms with E-state index in [1.807, 2.05) is 24.3 Å². The molecule has 2 N–H and O–H groups in total. The van der Waals surface area contributed by atoms with Crippen molar-refractivity contribution in [2.45, 2.75) is 33.2 Å². The third-order valence-corrected chi connectivity index (χ3v) is 4.83. The fourth-order valence-electron chi connectivity index (χ4n) is 3.35. The molecule has 1 unspecified atom stereocenters. The quantitative estimate of drug-likeness (QED) is 0.343. The fourth-order valence-corrected chi connectivity index (χ4v) is 3.35. The zero-order valence-electron chi connectivity index (χ0n) is 17.7. The Kier molecular flexibility index (Phi) is 11.4. The molecule has 1 saturated heterocycles. The second-order valence-corrected chi connectivity index (χ2v) is 7.57. The van der Waals surface area contributed by atoms with Gasteiger partial charge in [-0.05, 0) is 49.9 Å². The highest BCUT2D eigenvalue weighted by molar-refractivity contribution is 14.0. The SMILES string of the molecule is CCNC(=NCc1ccc(C(=O)N(C)C)cc1)NCCN1CCCC(C)C1.I. The van der Waals surface area contributed by atoms with E-state index >= 15 is 0 Å². The van der Waals surface area contributed by atoms with Crippen molar-refractivity contribution in [3.63, 3.8) is 0 Å². The van der Waals surface area contributed by atoms with E-state index in [0.29, 0.717) is 12.1 Å². The summed E-state index contributed by atoms with van der Waals surface area (Å²) < 4.78 is 0. The summed E-state index contributed by atoms with van der Waals surface area (Å²) >= 11 is 0. The molecule has 1 heterocycles. The Morgan fingerprint density at radius 1 is 1.25 bits per heavy atom. The highest BCUT2D eigenvalue weighted by Gasteiger charge is 2.15. The minimum atomic E-state index is 0. The van der Waals surface area contributed by atoms with Crippen LogP contribution in [0.2, 0.25) is 0 Å². The van der Waals surface area contributed by atoms with Crippen LogP contribution in [0.3, 0.4) is 0 Å². The van der Waals surface area contributed by atoms with Crippen LogP contribution in [0.1, 0.15) is 42.6 Å². The van der Waals surface area contributed by atoms with Crippen LogP contribution in [0.25, 0.3) is 0 Å². The number of piperidine rings is 1. The number of halogens is 1. The molecule has 28 heavy (non-hydrogen) atoms. The highest BCUT2D eigenvalue weighted by Crippen LogP contribution is 2.14. The van der Waals surface area contributed by atoms with E-state index in [-0.39, 0.29) is 29.9 Å². The number of hydrogen-bond acceptors (Lipinski definition) is 3. The van der Waals surface area contributed by atoms with E-state index in [2.05, 4.69) is 34.4 Å². The molecule has 1 aromatic rings. The molecule has 0 aliphatic carbocycles. The van der Waals surface area contributed by atoms with Crippen LogP contribution < -0.4 is 10.6 Å². The lowest BCUT2D eigenvalue weighted by atomic mass is 10.0. The van der Waals surface area contributed by atoms with Crippen LogP contribution in [0.5, 0.6) is 0 Å². The average Bonchev–Trinajstić information content (AvgIpc) is 2.66. The maximum atomic E-state index is 12.0. The van der Waals surface area contributed by atoms with Gasteiger partial charge in [0.15, 0.2) is 5.96 Å². The van der Waals surface area contributed by atoms with Crippen molar-refractivity contribution in [3.05, 3.63) is 35.4 Å². The summed E-state index contributed by atoms with van der Waals surface area (Å²) in [6.07, 6.45) is 2.66. The molecular weight excluding hydrogens is 465 g/mol. The van der Waals surface area contributed by atoms with Crippen molar-refractivity contribution >= 4 is 35.8 Å². The van der Waals surface area contributed by atoms with E-state index in [4.69, 9.17) is 0 Å². The monoisotopic (exact) mass is 501 g/mol. The molecule has 1 aliphatic heterocycles. The van der Waals surface area contributed by atoms with Crippen LogP contribution >= 0.6 is 24.0 Å². The van der Waals surface area contributed by atoms with Gasteiger partial charge < -0.3 is 20.4 Å². The molecule has 158 valence electrons. The summed E-state index contributed by atoms with van der Waals surface area (Å²) in [6.45, 7) is 10.2. The third-order valence-electron chi connectivity index (χ3n) is 4.83. The van der Waals surface area contributed by atoms with Crippen molar-refractivity contribution in [2.24, 2.45) is 10.9 Å². The Balaban J connectivity index is 0.00000392. The highest BCUT2D eigenvalue weighted by atomic mass is 127. The van der Waals surface area contributed by atoms with Crippen molar-refractivity contribution in [1.82, 2.24) is 20.4 Å². The van der Waals surface area contributed by atoms with Gasteiger partial charge in [-0.1, -0.05) is 19.1 Å². The number of aliphatic imine (C=N–C) groups is 1. The molecule has 2 rings (SSSR count). The Hall–Kier alpha value is -1.35. The lowest BCUT2D eigenvalue weighted by Crippen LogP contribution is -2.43. The Labute approximate surface area is 187 Å². The van der Waals surface area contributed by atoms with Gasteiger partial charge in [-0.25, -0.2) is 4.99 Å². The Morgan fingerprint density at radius 3 is 2.57 bits per heavy atom. The standard InChI is InChI=1S/C21H35N5O.HI/c1-5-22-21(23-12-14-26-13-6-7-17(2)16-26)24-15-18-8-10-19(11-9-18)20(27)25(3)4;/h8-11,17H,5-7,12-16H2,1-4H3,(H2,22,23,24);1H. The van der Waals surface area contributed by atoms with E-state index in [9.17, 15) is 4.79 Å². The number of benzene rings is 1. The van der Waals surface area contributed by atoms with Crippen LogP contribution in [0, 0.1) is 5.92 Å². The average molecular weight is 501 g/mol. The predicted molar refractivity (Wildman–Crippen MR) is 128 cm³/mol. The number of rotatable bonds is 7. The van der Waals surface area contributed by atoms with E-state index in [1.165, 1.54) is 25.9 Å². The molecule has 1 aromatic carbocycles. The molecule has 7 heteroatoms. The molecule has 1 aliphatic rings. The maximum Gasteiger partial charge on any atom is 0.253 e. The number of nitrogens with one attached hydrogen (secondary N) is 2. The minimum Gasteiger partial charge on any atom is -0.357 e. The van der Waals surface area contributed by atoms with E-state index < -0.39 is 0 Å². The summed E-state index contributed by atoms with van der Waals surface area (Å²) in [7, 11) is 3.53. The number of hydrogen-bond donors (Lipinski definition) is 2. The normalized spacial score (nSPS) is 17.6. The second-order valence-electron chi connectivity index (χ2n) is 7.57. The molecule has 0 saturated carbocycles. The van der Waals surface area contributed by atoms with Crippen molar-refractivity contribution in [2.75, 3.05) is 46.8 Å². The zero-order chi connectivity index (χ0) is 19.6. The molecule has 0 aromatic heterocycles. The van der Waals surface area contributed by atoms with Gasteiger partial charge >= 0.3 is 0 Å². The summed E-state index contributed by atoms with van der Waals surface area (Å²) in [5.41, 5.74) is 1.79. The number of nitrogens with zero attached hydrogens (tertiary/aromatic N) is 3. The number of likely N-dealkylation sites (tertiary alicyclic amines) is 1. The number of amides is 1. The first kappa shape index (κ1) is 24.7. The molecule has 6 nitrogen and oxygen atoms in total.